The first-order valence-corrected chi connectivity index (χ1v) is 6.48. The van der Waals surface area contributed by atoms with Gasteiger partial charge in [0, 0.05) is 20.2 Å². The maximum Gasteiger partial charge on any atom is 0.317 e. The van der Waals surface area contributed by atoms with Crippen LogP contribution in [0.1, 0.15) is 27.2 Å². The summed E-state index contributed by atoms with van der Waals surface area (Å²) in [7, 11) is 3.00. The van der Waals surface area contributed by atoms with E-state index in [2.05, 4.69) is 5.32 Å². The summed E-state index contributed by atoms with van der Waals surface area (Å²) in [6.45, 7) is 5.83. The number of methoxy groups -OCH3 is 1. The minimum absolute atomic E-state index is 0.115. The number of amides is 2. The lowest BCUT2D eigenvalue weighted by Gasteiger charge is -2.32. The van der Waals surface area contributed by atoms with Crippen molar-refractivity contribution in [1.29, 1.82) is 0 Å². The van der Waals surface area contributed by atoms with Crippen molar-refractivity contribution in [2.45, 2.75) is 39.3 Å². The van der Waals surface area contributed by atoms with Gasteiger partial charge in [-0.25, -0.2) is 4.79 Å². The van der Waals surface area contributed by atoms with Crippen molar-refractivity contribution in [3.8, 4) is 0 Å². The molecule has 2 atom stereocenters. The lowest BCUT2D eigenvalue weighted by molar-refractivity contribution is -0.138. The highest BCUT2D eigenvalue weighted by atomic mass is 16.5. The second kappa shape index (κ2) is 8.06. The van der Waals surface area contributed by atoms with Crippen LogP contribution in [0.2, 0.25) is 0 Å². The number of hydrogen-bond donors (Lipinski definition) is 3. The number of carboxylic acid groups (broad SMARTS) is 1. The van der Waals surface area contributed by atoms with Crippen molar-refractivity contribution >= 4 is 12.0 Å². The van der Waals surface area contributed by atoms with Gasteiger partial charge in [-0.1, -0.05) is 20.8 Å². The van der Waals surface area contributed by atoms with Gasteiger partial charge in [0.05, 0.1) is 25.7 Å². The van der Waals surface area contributed by atoms with Crippen LogP contribution in [0.4, 0.5) is 4.79 Å². The van der Waals surface area contributed by atoms with Crippen molar-refractivity contribution in [3.05, 3.63) is 0 Å². The van der Waals surface area contributed by atoms with E-state index in [1.807, 2.05) is 20.8 Å². The standard InChI is InChI=1S/C13H26N2O5/c1-13(2,3)10(6-11(17)18)14-12(19)15(4)7-9(16)8-20-5/h9-10,16H,6-8H2,1-5H3,(H,14,19)(H,17,18). The molecule has 0 rings (SSSR count). The SMILES string of the molecule is COCC(O)CN(C)C(=O)NC(CC(=O)O)C(C)(C)C. The lowest BCUT2D eigenvalue weighted by atomic mass is 9.85. The Morgan fingerprint density at radius 1 is 1.35 bits per heavy atom. The van der Waals surface area contributed by atoms with Crippen LogP contribution in [0.3, 0.4) is 0 Å². The summed E-state index contributed by atoms with van der Waals surface area (Å²) in [4.78, 5) is 24.2. The molecule has 0 aliphatic rings. The third-order valence-corrected chi connectivity index (χ3v) is 2.91. The monoisotopic (exact) mass is 290 g/mol. The second-order valence-corrected chi connectivity index (χ2v) is 5.96. The Hall–Kier alpha value is -1.34. The third-order valence-electron chi connectivity index (χ3n) is 2.91. The highest BCUT2D eigenvalue weighted by Gasteiger charge is 2.29. The summed E-state index contributed by atoms with van der Waals surface area (Å²) in [5, 5.41) is 21.1. The summed E-state index contributed by atoms with van der Waals surface area (Å²) < 4.78 is 4.79. The molecule has 0 aromatic rings. The Labute approximate surface area is 119 Å². The van der Waals surface area contributed by atoms with Crippen molar-refractivity contribution in [2.75, 3.05) is 27.3 Å². The molecule has 0 saturated carbocycles. The first-order valence-electron chi connectivity index (χ1n) is 6.48. The van der Waals surface area contributed by atoms with Crippen molar-refractivity contribution < 1.29 is 24.5 Å². The number of aliphatic hydroxyl groups is 1. The zero-order valence-electron chi connectivity index (χ0n) is 12.8. The molecule has 0 fully saturated rings. The minimum Gasteiger partial charge on any atom is -0.481 e. The first-order chi connectivity index (χ1) is 9.07. The molecule has 7 heteroatoms. The molecule has 0 aromatic carbocycles. The van der Waals surface area contributed by atoms with Gasteiger partial charge in [-0.2, -0.15) is 0 Å². The normalized spacial score (nSPS) is 14.5. The quantitative estimate of drug-likeness (QED) is 0.635. The molecule has 0 aliphatic carbocycles. The average molecular weight is 290 g/mol. The number of nitrogens with one attached hydrogen (secondary N) is 1. The predicted octanol–water partition coefficient (Wildman–Crippen LogP) is 0.525. The minimum atomic E-state index is -0.965. The van der Waals surface area contributed by atoms with E-state index in [0.717, 1.165) is 0 Å². The largest absolute Gasteiger partial charge is 0.481 e. The van der Waals surface area contributed by atoms with E-state index in [-0.39, 0.29) is 25.0 Å². The molecular formula is C13H26N2O5. The number of hydrogen-bond acceptors (Lipinski definition) is 4. The Morgan fingerprint density at radius 3 is 2.30 bits per heavy atom. The number of nitrogens with zero attached hydrogens (tertiary/aromatic N) is 1. The number of carbonyl (C=O) groups excluding carboxylic acids is 1. The molecule has 0 spiro atoms. The van der Waals surface area contributed by atoms with Gasteiger partial charge in [0.1, 0.15) is 0 Å². The van der Waals surface area contributed by atoms with E-state index in [9.17, 15) is 14.7 Å². The van der Waals surface area contributed by atoms with Gasteiger partial charge in [0.25, 0.3) is 0 Å². The summed E-state index contributed by atoms with van der Waals surface area (Å²) in [5.74, 6) is -0.965. The van der Waals surface area contributed by atoms with Gasteiger partial charge in [-0.05, 0) is 5.41 Å². The zero-order chi connectivity index (χ0) is 15.9. The van der Waals surface area contributed by atoms with Crippen LogP contribution in [0, 0.1) is 5.41 Å². The number of carbonyl (C=O) groups is 2. The van der Waals surface area contributed by atoms with Crippen LogP contribution in [-0.4, -0.2) is 66.6 Å². The van der Waals surface area contributed by atoms with Crippen molar-refractivity contribution in [2.24, 2.45) is 5.41 Å². The summed E-state index contributed by atoms with van der Waals surface area (Å²) in [6, 6.07) is -0.907. The van der Waals surface area contributed by atoms with Crippen molar-refractivity contribution in [1.82, 2.24) is 10.2 Å². The van der Waals surface area contributed by atoms with Gasteiger partial charge in [-0.15, -0.1) is 0 Å². The molecule has 0 radical (unpaired) electrons. The fourth-order valence-corrected chi connectivity index (χ4v) is 1.65. The number of rotatable bonds is 7. The average Bonchev–Trinajstić information content (AvgIpc) is 2.26. The maximum absolute atomic E-state index is 12.0. The molecule has 3 N–H and O–H groups in total. The Kier molecular flexibility index (Phi) is 7.52. The first kappa shape index (κ1) is 18.7. The molecule has 0 heterocycles. The highest BCUT2D eigenvalue weighted by molar-refractivity contribution is 5.75. The topological polar surface area (TPSA) is 99.1 Å². The van der Waals surface area contributed by atoms with E-state index in [1.165, 1.54) is 19.1 Å². The fourth-order valence-electron chi connectivity index (χ4n) is 1.65. The zero-order valence-corrected chi connectivity index (χ0v) is 12.8. The van der Waals surface area contributed by atoms with E-state index < -0.39 is 24.1 Å². The number of aliphatic hydroxyl groups excluding tert-OH is 1. The molecule has 2 unspecified atom stereocenters. The van der Waals surface area contributed by atoms with E-state index in [1.54, 1.807) is 0 Å². The molecule has 118 valence electrons. The van der Waals surface area contributed by atoms with Crippen LogP contribution < -0.4 is 5.32 Å². The van der Waals surface area contributed by atoms with Gasteiger partial charge in [0.2, 0.25) is 0 Å². The lowest BCUT2D eigenvalue weighted by Crippen LogP contribution is -2.51. The smallest absolute Gasteiger partial charge is 0.317 e. The number of likely N-dealkylation sites (N-methyl/N-ethyl adjacent to an activating group) is 1. The number of ether oxygens (including phenoxy) is 1. The van der Waals surface area contributed by atoms with Crippen LogP contribution in [0.25, 0.3) is 0 Å². The van der Waals surface area contributed by atoms with Gasteiger partial charge in [0.15, 0.2) is 0 Å². The van der Waals surface area contributed by atoms with Crippen LogP contribution in [0.5, 0.6) is 0 Å². The predicted molar refractivity (Wildman–Crippen MR) is 74.5 cm³/mol. The second-order valence-electron chi connectivity index (χ2n) is 5.96. The Balaban J connectivity index is 4.55. The molecular weight excluding hydrogens is 264 g/mol. The number of carboxylic acids is 1. The third kappa shape index (κ3) is 7.30. The van der Waals surface area contributed by atoms with Gasteiger partial charge < -0.3 is 25.2 Å². The van der Waals surface area contributed by atoms with E-state index >= 15 is 0 Å². The summed E-state index contributed by atoms with van der Waals surface area (Å²) >= 11 is 0. The molecule has 0 aliphatic heterocycles. The fraction of sp³-hybridized carbons (Fsp3) is 0.846. The molecule has 0 bridgehead atoms. The number of urea groups is 1. The maximum atomic E-state index is 12.0. The Morgan fingerprint density at radius 2 is 1.90 bits per heavy atom. The molecule has 0 saturated heterocycles. The van der Waals surface area contributed by atoms with Gasteiger partial charge in [-0.3, -0.25) is 4.79 Å². The Bertz CT molecular complexity index is 327. The molecule has 20 heavy (non-hydrogen) atoms. The molecule has 2 amide bonds. The molecule has 7 nitrogen and oxygen atoms in total. The van der Waals surface area contributed by atoms with Crippen LogP contribution in [-0.2, 0) is 9.53 Å². The van der Waals surface area contributed by atoms with Gasteiger partial charge >= 0.3 is 12.0 Å². The van der Waals surface area contributed by atoms with E-state index in [4.69, 9.17) is 9.84 Å². The highest BCUT2D eigenvalue weighted by Crippen LogP contribution is 2.22. The van der Waals surface area contributed by atoms with Crippen LogP contribution in [0.15, 0.2) is 0 Å². The summed E-state index contributed by atoms with van der Waals surface area (Å²) in [5.41, 5.74) is -0.375. The molecule has 0 aromatic heterocycles. The van der Waals surface area contributed by atoms with Crippen molar-refractivity contribution in [3.63, 3.8) is 0 Å². The van der Waals surface area contributed by atoms with Crippen LogP contribution >= 0.6 is 0 Å². The van der Waals surface area contributed by atoms with E-state index in [0.29, 0.717) is 0 Å². The summed E-state index contributed by atoms with van der Waals surface area (Å²) in [6.07, 6.45) is -0.924. The number of aliphatic carboxylic acids is 1.